The van der Waals surface area contributed by atoms with Crippen molar-refractivity contribution in [1.29, 1.82) is 0 Å². The molecule has 13 rings (SSSR count). The average molecular weight is 877 g/mol. The number of furan rings is 1. The summed E-state index contributed by atoms with van der Waals surface area (Å²) in [6.45, 7) is 14.6. The molecule has 0 amide bonds. The predicted octanol–water partition coefficient (Wildman–Crippen LogP) is 14.1. The van der Waals surface area contributed by atoms with Gasteiger partial charge in [0, 0.05) is 32.8 Å². The minimum Gasteiger partial charge on any atom is -0.455 e. The summed E-state index contributed by atoms with van der Waals surface area (Å²) in [5.41, 5.74) is 20.4. The van der Waals surface area contributed by atoms with E-state index in [0.717, 1.165) is 27.9 Å². The maximum atomic E-state index is 6.74. The molecule has 0 aliphatic heterocycles. The highest BCUT2D eigenvalue weighted by atomic mass is 28.3. The standard InChI is InChI=1S/C65H52OSi/c1-63(2)54-35-42(62-61(41-21-11-7-12-22-41)49-29-19-20-30-60(49)66-62)31-33-47(54)50-37-58-52(39-56(50)63)53-40-57-51(38-59(53)65(58,5)6)48-34-32-46(36-55(48)64(57,3)4)67(43-23-13-8-14-24-43,44-25-15-9-16-26-44)45-27-17-10-18-28-45/h7-40H,1-6H3. The Balaban J connectivity index is 0.933. The summed E-state index contributed by atoms with van der Waals surface area (Å²) >= 11 is 0. The topological polar surface area (TPSA) is 13.1 Å². The molecule has 0 spiro atoms. The van der Waals surface area contributed by atoms with Crippen LogP contribution in [0.25, 0.3) is 66.8 Å². The van der Waals surface area contributed by atoms with E-state index in [2.05, 4.69) is 248 Å². The maximum Gasteiger partial charge on any atom is 0.179 e. The smallest absolute Gasteiger partial charge is 0.179 e. The van der Waals surface area contributed by atoms with Crippen molar-refractivity contribution >= 4 is 39.8 Å². The molecule has 2 heteroatoms. The summed E-state index contributed by atoms with van der Waals surface area (Å²) in [6, 6.07) is 77.9. The van der Waals surface area contributed by atoms with Crippen molar-refractivity contribution in [2.45, 2.75) is 57.8 Å². The SMILES string of the molecule is CC1(C)c2cc(-c3oc4ccccc4c3-c3ccccc3)ccc2-c2cc3c(cc21)-c1cc2c(cc1C3(C)C)-c1ccc([Si](c3ccccc3)(c3ccccc3)c3ccccc3)cc1C2(C)C. The van der Waals surface area contributed by atoms with Crippen molar-refractivity contribution in [3.05, 3.63) is 240 Å². The molecule has 0 saturated carbocycles. The first-order chi connectivity index (χ1) is 32.5. The van der Waals surface area contributed by atoms with Gasteiger partial charge < -0.3 is 4.42 Å². The van der Waals surface area contributed by atoms with Crippen LogP contribution < -0.4 is 20.7 Å². The summed E-state index contributed by atoms with van der Waals surface area (Å²) in [6.07, 6.45) is 0. The fraction of sp³-hybridized carbons (Fsp3) is 0.138. The Bertz CT molecular complexity index is 3530. The summed E-state index contributed by atoms with van der Waals surface area (Å²) in [5.74, 6) is 0.928. The minimum absolute atomic E-state index is 0.177. The molecule has 0 N–H and O–H groups in total. The van der Waals surface area contributed by atoms with Crippen molar-refractivity contribution in [2.75, 3.05) is 0 Å². The molecule has 1 nitrogen and oxygen atoms in total. The zero-order valence-corrected chi connectivity index (χ0v) is 40.0. The monoisotopic (exact) mass is 876 g/mol. The van der Waals surface area contributed by atoms with Gasteiger partial charge in [-0.3, -0.25) is 0 Å². The van der Waals surface area contributed by atoms with Crippen molar-refractivity contribution < 1.29 is 4.42 Å². The number of fused-ring (bicyclic) bond motifs is 10. The highest BCUT2D eigenvalue weighted by Crippen LogP contribution is 2.59. The van der Waals surface area contributed by atoms with Gasteiger partial charge in [-0.05, 0) is 129 Å². The van der Waals surface area contributed by atoms with E-state index in [1.54, 1.807) is 0 Å². The maximum absolute atomic E-state index is 6.74. The second-order valence-electron chi connectivity index (χ2n) is 20.8. The molecule has 10 aromatic rings. The Kier molecular flexibility index (Phi) is 8.44. The van der Waals surface area contributed by atoms with Crippen LogP contribution in [-0.4, -0.2) is 8.07 Å². The van der Waals surface area contributed by atoms with Crippen LogP contribution in [0.3, 0.4) is 0 Å². The van der Waals surface area contributed by atoms with E-state index >= 15 is 0 Å². The second-order valence-corrected chi connectivity index (χ2v) is 24.6. The summed E-state index contributed by atoms with van der Waals surface area (Å²) < 4.78 is 6.74. The molecular weight excluding hydrogens is 825 g/mol. The Morgan fingerprint density at radius 3 is 1.19 bits per heavy atom. The van der Waals surface area contributed by atoms with E-state index in [1.165, 1.54) is 93.1 Å². The normalized spacial score (nSPS) is 15.4. The fourth-order valence-corrected chi connectivity index (χ4v) is 17.5. The van der Waals surface area contributed by atoms with Crippen LogP contribution in [0.1, 0.15) is 74.9 Å². The molecule has 0 fully saturated rings. The average Bonchev–Trinajstić information content (AvgIpc) is 4.00. The largest absolute Gasteiger partial charge is 0.455 e. The van der Waals surface area contributed by atoms with Crippen LogP contribution >= 0.6 is 0 Å². The third-order valence-corrected chi connectivity index (χ3v) is 21.0. The Labute approximate surface area is 395 Å². The van der Waals surface area contributed by atoms with Gasteiger partial charge >= 0.3 is 0 Å². The third-order valence-electron chi connectivity index (χ3n) is 16.2. The first-order valence-corrected chi connectivity index (χ1v) is 25.9. The van der Waals surface area contributed by atoms with Crippen molar-refractivity contribution in [3.63, 3.8) is 0 Å². The first kappa shape index (κ1) is 40.0. The molecule has 67 heavy (non-hydrogen) atoms. The molecule has 0 atom stereocenters. The van der Waals surface area contributed by atoms with E-state index in [4.69, 9.17) is 4.42 Å². The minimum atomic E-state index is -2.70. The van der Waals surface area contributed by atoms with Gasteiger partial charge in [-0.1, -0.05) is 211 Å². The lowest BCUT2D eigenvalue weighted by atomic mass is 9.78. The van der Waals surface area contributed by atoms with Crippen molar-refractivity contribution in [3.8, 4) is 55.8 Å². The van der Waals surface area contributed by atoms with Crippen LogP contribution in [0, 0.1) is 0 Å². The number of benzene rings is 9. The van der Waals surface area contributed by atoms with Gasteiger partial charge in [-0.2, -0.15) is 0 Å². The van der Waals surface area contributed by atoms with Crippen LogP contribution in [0.5, 0.6) is 0 Å². The Morgan fingerprint density at radius 2 is 0.701 bits per heavy atom. The van der Waals surface area contributed by atoms with Crippen LogP contribution in [0.2, 0.25) is 0 Å². The Hall–Kier alpha value is -7.26. The molecule has 0 saturated heterocycles. The van der Waals surface area contributed by atoms with Gasteiger partial charge in [0.15, 0.2) is 8.07 Å². The van der Waals surface area contributed by atoms with Crippen molar-refractivity contribution in [1.82, 2.24) is 0 Å². The van der Waals surface area contributed by atoms with Gasteiger partial charge in [0.1, 0.15) is 11.3 Å². The van der Waals surface area contributed by atoms with E-state index in [0.29, 0.717) is 0 Å². The quantitative estimate of drug-likeness (QED) is 0.120. The molecule has 0 unspecified atom stereocenters. The molecule has 0 bridgehead atoms. The molecule has 1 aromatic heterocycles. The zero-order valence-electron chi connectivity index (χ0n) is 39.0. The molecule has 3 aliphatic rings. The molecule has 9 aromatic carbocycles. The molecular formula is C65H52OSi. The van der Waals surface area contributed by atoms with Gasteiger partial charge in [-0.15, -0.1) is 0 Å². The molecule has 0 radical (unpaired) electrons. The number of hydrogen-bond donors (Lipinski definition) is 0. The van der Waals surface area contributed by atoms with Gasteiger partial charge in [-0.25, -0.2) is 0 Å². The highest BCUT2D eigenvalue weighted by Gasteiger charge is 2.47. The van der Waals surface area contributed by atoms with Crippen LogP contribution in [0.4, 0.5) is 0 Å². The van der Waals surface area contributed by atoms with E-state index in [-0.39, 0.29) is 16.2 Å². The van der Waals surface area contributed by atoms with Gasteiger partial charge in [0.2, 0.25) is 0 Å². The highest BCUT2D eigenvalue weighted by molar-refractivity contribution is 7.19. The van der Waals surface area contributed by atoms with Crippen LogP contribution in [0.15, 0.2) is 211 Å². The Morgan fingerprint density at radius 1 is 0.313 bits per heavy atom. The molecule has 322 valence electrons. The van der Waals surface area contributed by atoms with Crippen molar-refractivity contribution in [2.24, 2.45) is 0 Å². The number of para-hydroxylation sites is 1. The number of rotatable bonds is 6. The summed E-state index contributed by atoms with van der Waals surface area (Å²) in [5, 5.41) is 6.77. The lowest BCUT2D eigenvalue weighted by Crippen LogP contribution is -2.74. The lowest BCUT2D eigenvalue weighted by Gasteiger charge is -2.35. The summed E-state index contributed by atoms with van der Waals surface area (Å²) in [7, 11) is -2.70. The first-order valence-electron chi connectivity index (χ1n) is 23.9. The summed E-state index contributed by atoms with van der Waals surface area (Å²) in [4.78, 5) is 0. The number of hydrogen-bond acceptors (Lipinski definition) is 1. The predicted molar refractivity (Wildman–Crippen MR) is 283 cm³/mol. The van der Waals surface area contributed by atoms with Gasteiger partial charge in [0.05, 0.1) is 0 Å². The van der Waals surface area contributed by atoms with Gasteiger partial charge in [0.25, 0.3) is 0 Å². The fourth-order valence-electron chi connectivity index (χ4n) is 12.8. The van der Waals surface area contributed by atoms with E-state index < -0.39 is 8.07 Å². The van der Waals surface area contributed by atoms with Crippen LogP contribution in [-0.2, 0) is 16.2 Å². The van der Waals surface area contributed by atoms with E-state index in [9.17, 15) is 0 Å². The third kappa shape index (κ3) is 5.48. The lowest BCUT2D eigenvalue weighted by molar-refractivity contribution is 0.630. The zero-order chi connectivity index (χ0) is 45.5. The molecule has 3 aliphatic carbocycles. The second kappa shape index (κ2) is 14.1. The molecule has 1 heterocycles. The van der Waals surface area contributed by atoms with E-state index in [1.807, 2.05) is 0 Å².